The molecule has 0 spiro atoms. The minimum atomic E-state index is -0.609. The second kappa shape index (κ2) is 14.5. The van der Waals surface area contributed by atoms with Gasteiger partial charge in [-0.05, 0) is 91.3 Å². The average molecular weight is 578 g/mol. The van der Waals surface area contributed by atoms with E-state index in [-0.39, 0.29) is 12.0 Å². The molecule has 0 fully saturated rings. The maximum absolute atomic E-state index is 12.1. The third-order valence-corrected chi connectivity index (χ3v) is 8.34. The quantitative estimate of drug-likeness (QED) is 0.213. The van der Waals surface area contributed by atoms with Crippen molar-refractivity contribution in [3.8, 4) is 5.75 Å². The number of methoxy groups -OCH3 is 1. The molecule has 0 saturated heterocycles. The van der Waals surface area contributed by atoms with E-state index >= 15 is 0 Å². The molecule has 43 heavy (non-hydrogen) atoms. The zero-order valence-corrected chi connectivity index (χ0v) is 25.8. The molecule has 3 aromatic carbocycles. The number of carbonyl (C=O) groups is 1. The van der Waals surface area contributed by atoms with E-state index in [1.807, 2.05) is 24.3 Å². The van der Waals surface area contributed by atoms with E-state index in [0.29, 0.717) is 19.6 Å². The third-order valence-electron chi connectivity index (χ3n) is 8.34. The molecule has 0 radical (unpaired) electrons. The van der Waals surface area contributed by atoms with Crippen LogP contribution in [-0.2, 0) is 33.5 Å². The predicted octanol–water partition coefficient (Wildman–Crippen LogP) is 7.21. The van der Waals surface area contributed by atoms with E-state index in [9.17, 15) is 4.79 Å². The number of rotatable bonds is 12. The van der Waals surface area contributed by atoms with Gasteiger partial charge in [-0.3, -0.25) is 4.90 Å². The molecule has 0 aromatic heterocycles. The van der Waals surface area contributed by atoms with E-state index in [1.165, 1.54) is 46.1 Å². The Labute approximate surface area is 256 Å². The molecule has 2 unspecified atom stereocenters. The molecule has 0 heterocycles. The van der Waals surface area contributed by atoms with Gasteiger partial charge in [-0.15, -0.1) is 0 Å². The lowest BCUT2D eigenvalue weighted by atomic mass is 9.85. The van der Waals surface area contributed by atoms with Gasteiger partial charge in [0.15, 0.2) is 6.10 Å². The van der Waals surface area contributed by atoms with Gasteiger partial charge >= 0.3 is 5.97 Å². The van der Waals surface area contributed by atoms with Crippen molar-refractivity contribution in [2.75, 3.05) is 33.9 Å². The Bertz CT molecular complexity index is 1490. The fourth-order valence-electron chi connectivity index (χ4n) is 6.03. The van der Waals surface area contributed by atoms with Gasteiger partial charge in [0.2, 0.25) is 0 Å². The number of nitrogens with zero attached hydrogens (tertiary/aromatic N) is 1. The van der Waals surface area contributed by atoms with Crippen LogP contribution in [0.1, 0.15) is 54.1 Å². The van der Waals surface area contributed by atoms with Crippen LogP contribution in [0.3, 0.4) is 0 Å². The number of esters is 1. The molecule has 2 atom stereocenters. The van der Waals surface area contributed by atoms with Crippen molar-refractivity contribution in [3.63, 3.8) is 0 Å². The summed E-state index contributed by atoms with van der Waals surface area (Å²) in [5.74, 6) is 0.474. The van der Waals surface area contributed by atoms with Crippen LogP contribution in [0.25, 0.3) is 0 Å². The number of hydrogen-bond donors (Lipinski definition) is 0. The molecular formula is C38H43NO4. The van der Waals surface area contributed by atoms with E-state index in [0.717, 1.165) is 37.1 Å². The number of carbonyl (C=O) groups excluding carboxylic acids is 1. The first-order valence-electron chi connectivity index (χ1n) is 15.3. The Morgan fingerprint density at radius 2 is 1.74 bits per heavy atom. The molecule has 2 aliphatic carbocycles. The number of benzene rings is 3. The van der Waals surface area contributed by atoms with Gasteiger partial charge in [-0.25, -0.2) is 4.79 Å². The summed E-state index contributed by atoms with van der Waals surface area (Å²) in [7, 11) is 3.74. The van der Waals surface area contributed by atoms with Crippen LogP contribution in [0.2, 0.25) is 0 Å². The third kappa shape index (κ3) is 7.73. The van der Waals surface area contributed by atoms with Crippen LogP contribution in [0.15, 0.2) is 108 Å². The lowest BCUT2D eigenvalue weighted by molar-refractivity contribution is -0.154. The van der Waals surface area contributed by atoms with E-state index in [4.69, 9.17) is 14.2 Å². The first-order chi connectivity index (χ1) is 20.9. The summed E-state index contributed by atoms with van der Waals surface area (Å²) in [5.41, 5.74) is 10.7. The minimum absolute atomic E-state index is 0.156. The maximum Gasteiger partial charge on any atom is 0.335 e. The molecule has 0 saturated carbocycles. The fraction of sp³-hybridized carbons (Fsp3) is 0.342. The van der Waals surface area contributed by atoms with Gasteiger partial charge in [0.25, 0.3) is 0 Å². The number of allylic oxidation sites excluding steroid dienone is 4. The van der Waals surface area contributed by atoms with Crippen LogP contribution < -0.4 is 4.74 Å². The van der Waals surface area contributed by atoms with Crippen LogP contribution in [-0.4, -0.2) is 50.9 Å². The van der Waals surface area contributed by atoms with Gasteiger partial charge in [-0.1, -0.05) is 84.5 Å². The summed E-state index contributed by atoms with van der Waals surface area (Å²) in [6.07, 6.45) is 9.77. The van der Waals surface area contributed by atoms with Crippen LogP contribution in [0.4, 0.5) is 0 Å². The van der Waals surface area contributed by atoms with Crippen molar-refractivity contribution in [3.05, 3.63) is 136 Å². The Morgan fingerprint density at radius 3 is 2.49 bits per heavy atom. The number of fused-ring (bicyclic) bond motifs is 2. The summed E-state index contributed by atoms with van der Waals surface area (Å²) >= 11 is 0. The van der Waals surface area contributed by atoms with Crippen LogP contribution >= 0.6 is 0 Å². The summed E-state index contributed by atoms with van der Waals surface area (Å²) in [5, 5.41) is 0. The minimum Gasteiger partial charge on any atom is -0.492 e. The van der Waals surface area contributed by atoms with Gasteiger partial charge in [0.1, 0.15) is 12.4 Å². The Hall–Kier alpha value is -3.93. The lowest BCUT2D eigenvalue weighted by Gasteiger charge is -2.33. The molecule has 5 heteroatoms. The molecule has 5 rings (SSSR count). The van der Waals surface area contributed by atoms with Crippen molar-refractivity contribution in [2.24, 2.45) is 0 Å². The van der Waals surface area contributed by atoms with E-state index in [1.54, 1.807) is 6.92 Å². The molecule has 0 bridgehead atoms. The van der Waals surface area contributed by atoms with Gasteiger partial charge in [-0.2, -0.15) is 0 Å². The van der Waals surface area contributed by atoms with Crippen molar-refractivity contribution >= 4 is 5.97 Å². The van der Waals surface area contributed by atoms with Crippen LogP contribution in [0.5, 0.6) is 5.75 Å². The zero-order valence-electron chi connectivity index (χ0n) is 25.8. The number of ether oxygens (including phenoxy) is 3. The highest BCUT2D eigenvalue weighted by molar-refractivity contribution is 5.75. The van der Waals surface area contributed by atoms with E-state index < -0.39 is 6.10 Å². The first kappa shape index (κ1) is 30.5. The largest absolute Gasteiger partial charge is 0.492 e. The summed E-state index contributed by atoms with van der Waals surface area (Å²) in [4.78, 5) is 14.5. The Morgan fingerprint density at radius 1 is 0.977 bits per heavy atom. The van der Waals surface area contributed by atoms with Crippen molar-refractivity contribution in [2.45, 2.75) is 51.7 Å². The normalized spacial score (nSPS) is 16.7. The Kier molecular flexibility index (Phi) is 10.3. The second-order valence-electron chi connectivity index (χ2n) is 11.5. The second-order valence-corrected chi connectivity index (χ2v) is 11.5. The Balaban J connectivity index is 1.29. The molecule has 0 aliphatic heterocycles. The topological polar surface area (TPSA) is 48.0 Å². The molecule has 0 N–H and O–H groups in total. The molecule has 5 nitrogen and oxygen atoms in total. The SMILES string of the molecule is CCOC(=O)C(Cc1ccc(OCCN(C)C2C3=CC=C(C)CC3=CCc3ccc(Cc4ccccc4)cc32)cc1)OC. The van der Waals surface area contributed by atoms with E-state index in [2.05, 4.69) is 85.6 Å². The maximum atomic E-state index is 12.1. The fourth-order valence-corrected chi connectivity index (χ4v) is 6.03. The molecule has 224 valence electrons. The average Bonchev–Trinajstić information content (AvgIpc) is 3.17. The first-order valence-corrected chi connectivity index (χ1v) is 15.3. The zero-order chi connectivity index (χ0) is 30.2. The summed E-state index contributed by atoms with van der Waals surface area (Å²) in [6.45, 7) is 5.69. The smallest absolute Gasteiger partial charge is 0.335 e. The highest BCUT2D eigenvalue weighted by Gasteiger charge is 2.29. The number of hydrogen-bond acceptors (Lipinski definition) is 5. The monoisotopic (exact) mass is 577 g/mol. The van der Waals surface area contributed by atoms with Crippen molar-refractivity contribution in [1.29, 1.82) is 0 Å². The number of likely N-dealkylation sites (N-methyl/N-ethyl adjacent to an activating group) is 1. The molecule has 3 aromatic rings. The highest BCUT2D eigenvalue weighted by Crippen LogP contribution is 2.41. The van der Waals surface area contributed by atoms with Gasteiger partial charge < -0.3 is 14.2 Å². The molecular weight excluding hydrogens is 534 g/mol. The summed E-state index contributed by atoms with van der Waals surface area (Å²) < 4.78 is 16.7. The molecule has 2 aliphatic rings. The molecule has 0 amide bonds. The highest BCUT2D eigenvalue weighted by atomic mass is 16.6. The van der Waals surface area contributed by atoms with Gasteiger partial charge in [0, 0.05) is 20.1 Å². The van der Waals surface area contributed by atoms with Crippen molar-refractivity contribution < 1.29 is 19.0 Å². The van der Waals surface area contributed by atoms with Crippen LogP contribution in [0, 0.1) is 0 Å². The summed E-state index contributed by atoms with van der Waals surface area (Å²) in [6, 6.07) is 25.8. The standard InChI is InChI=1S/C38H43NO4/c1-5-42-38(40)36(41-4)26-29-13-18-33(19-14-29)43-22-21-39(3)37-34-20-11-27(2)23-32(34)17-16-31-15-12-30(25-35(31)37)24-28-9-7-6-8-10-28/h6-15,17-20,25,36-37H,5,16,21-24,26H2,1-4H3. The predicted molar refractivity (Wildman–Crippen MR) is 172 cm³/mol. The van der Waals surface area contributed by atoms with Gasteiger partial charge in [0.05, 0.1) is 12.6 Å². The van der Waals surface area contributed by atoms with Crippen molar-refractivity contribution in [1.82, 2.24) is 4.90 Å². The lowest BCUT2D eigenvalue weighted by Crippen LogP contribution is -2.31.